The number of amides is 1. The number of aromatic carboxylic acids is 1. The summed E-state index contributed by atoms with van der Waals surface area (Å²) in [5, 5.41) is 61.1. The van der Waals surface area contributed by atoms with E-state index < -0.39 is 48.5 Å². The lowest BCUT2D eigenvalue weighted by atomic mass is 9.64. The Morgan fingerprint density at radius 3 is 2.29 bits per heavy atom. The second kappa shape index (κ2) is 8.61. The van der Waals surface area contributed by atoms with Crippen LogP contribution in [-0.4, -0.2) is 73.2 Å². The van der Waals surface area contributed by atoms with E-state index in [9.17, 15) is 40.2 Å². The van der Waals surface area contributed by atoms with Crippen LogP contribution in [0.3, 0.4) is 0 Å². The van der Waals surface area contributed by atoms with Crippen molar-refractivity contribution in [3.05, 3.63) is 48.0 Å². The van der Waals surface area contributed by atoms with Crippen LogP contribution in [-0.2, 0) is 4.79 Å². The first-order valence-electron chi connectivity index (χ1n) is 9.39. The van der Waals surface area contributed by atoms with Crippen molar-refractivity contribution in [1.29, 1.82) is 0 Å². The molecule has 31 heavy (non-hydrogen) atoms. The number of carbonyl (C=O) groups excluding carboxylic acids is 1. The molecule has 1 amide bonds. The summed E-state index contributed by atoms with van der Waals surface area (Å²) in [6, 6.07) is 10.6. The SMILES string of the molecule is CC(=O)Nc1ccc(-c2ccc(OC(O)C3(O)C(O)C(O)C3CO)cc2)cc1C(=O)O. The number of benzene rings is 2. The minimum absolute atomic E-state index is 0.0850. The van der Waals surface area contributed by atoms with Crippen LogP contribution in [0.2, 0.25) is 0 Å². The van der Waals surface area contributed by atoms with E-state index >= 15 is 0 Å². The number of ether oxygens (including phenoxy) is 1. The quantitative estimate of drug-likeness (QED) is 0.291. The average molecular weight is 433 g/mol. The summed E-state index contributed by atoms with van der Waals surface area (Å²) in [5.74, 6) is -2.65. The second-order valence-corrected chi connectivity index (χ2v) is 7.35. The normalized spacial score (nSPS) is 25.9. The average Bonchev–Trinajstić information content (AvgIpc) is 2.73. The molecule has 1 aliphatic rings. The van der Waals surface area contributed by atoms with Crippen molar-refractivity contribution < 1.29 is 45.0 Å². The molecule has 0 spiro atoms. The van der Waals surface area contributed by atoms with Crippen molar-refractivity contribution in [2.75, 3.05) is 11.9 Å². The van der Waals surface area contributed by atoms with Crippen LogP contribution in [0.1, 0.15) is 17.3 Å². The molecule has 0 saturated heterocycles. The van der Waals surface area contributed by atoms with Gasteiger partial charge >= 0.3 is 5.97 Å². The predicted molar refractivity (Wildman–Crippen MR) is 107 cm³/mol. The van der Waals surface area contributed by atoms with Gasteiger partial charge in [0.05, 0.1) is 24.0 Å². The van der Waals surface area contributed by atoms with Crippen molar-refractivity contribution in [3.63, 3.8) is 0 Å². The number of hydrogen-bond acceptors (Lipinski definition) is 8. The van der Waals surface area contributed by atoms with E-state index in [1.54, 1.807) is 18.2 Å². The summed E-state index contributed by atoms with van der Waals surface area (Å²) in [6.07, 6.45) is -4.99. The van der Waals surface area contributed by atoms with Crippen molar-refractivity contribution in [2.45, 2.75) is 31.0 Å². The van der Waals surface area contributed by atoms with Gasteiger partial charge in [0.2, 0.25) is 12.2 Å². The third-order valence-electron chi connectivity index (χ3n) is 5.39. The lowest BCUT2D eigenvalue weighted by molar-refractivity contribution is -0.332. The lowest BCUT2D eigenvalue weighted by Crippen LogP contribution is -2.76. The summed E-state index contributed by atoms with van der Waals surface area (Å²) in [7, 11) is 0. The van der Waals surface area contributed by atoms with Crippen LogP contribution in [0.15, 0.2) is 42.5 Å². The standard InChI is InChI=1S/C21H23NO9/c1-10(24)22-16-7-4-12(8-14(16)19(27)28)11-2-5-13(6-3-11)31-20(29)21(30)15(9-23)17(25)18(21)26/h2-8,15,17-18,20,23,25-26,29-30H,9H2,1H3,(H,22,24)(H,27,28). The van der Waals surface area contributed by atoms with Crippen molar-refractivity contribution in [2.24, 2.45) is 5.92 Å². The van der Waals surface area contributed by atoms with Crippen LogP contribution in [0, 0.1) is 5.92 Å². The van der Waals surface area contributed by atoms with Gasteiger partial charge in [-0.15, -0.1) is 0 Å². The molecule has 1 saturated carbocycles. The van der Waals surface area contributed by atoms with E-state index in [4.69, 9.17) is 4.74 Å². The Labute approximate surface area is 177 Å². The highest BCUT2D eigenvalue weighted by molar-refractivity contribution is 6.01. The first kappa shape index (κ1) is 22.7. The number of hydrogen-bond donors (Lipinski definition) is 7. The van der Waals surface area contributed by atoms with Crippen LogP contribution in [0.25, 0.3) is 11.1 Å². The molecule has 10 nitrogen and oxygen atoms in total. The zero-order chi connectivity index (χ0) is 22.9. The Morgan fingerprint density at radius 1 is 1.13 bits per heavy atom. The maximum Gasteiger partial charge on any atom is 0.337 e. The Balaban J connectivity index is 1.78. The summed E-state index contributed by atoms with van der Waals surface area (Å²) in [5.41, 5.74) is -0.985. The number of anilines is 1. The van der Waals surface area contributed by atoms with E-state index in [1.165, 1.54) is 31.2 Å². The molecule has 10 heteroatoms. The number of carboxylic acids is 1. The molecule has 1 fully saturated rings. The third-order valence-corrected chi connectivity index (χ3v) is 5.39. The first-order valence-corrected chi connectivity index (χ1v) is 9.39. The molecule has 5 atom stereocenters. The van der Waals surface area contributed by atoms with Gasteiger partial charge in [0.1, 0.15) is 11.9 Å². The highest BCUT2D eigenvalue weighted by Crippen LogP contribution is 2.42. The second-order valence-electron chi connectivity index (χ2n) is 7.35. The van der Waals surface area contributed by atoms with Crippen LogP contribution in [0.5, 0.6) is 5.75 Å². The molecular weight excluding hydrogens is 410 g/mol. The van der Waals surface area contributed by atoms with E-state index in [-0.39, 0.29) is 17.0 Å². The van der Waals surface area contributed by atoms with Crippen molar-refractivity contribution in [3.8, 4) is 16.9 Å². The van der Waals surface area contributed by atoms with Gasteiger partial charge < -0.3 is 40.7 Å². The number of carboxylic acid groups (broad SMARTS) is 1. The monoisotopic (exact) mass is 433 g/mol. The molecule has 0 radical (unpaired) electrons. The van der Waals surface area contributed by atoms with Crippen LogP contribution in [0.4, 0.5) is 5.69 Å². The molecule has 166 valence electrons. The maximum atomic E-state index is 11.5. The zero-order valence-electron chi connectivity index (χ0n) is 16.5. The van der Waals surface area contributed by atoms with Gasteiger partial charge in [-0.2, -0.15) is 0 Å². The molecule has 3 rings (SSSR count). The van der Waals surface area contributed by atoms with E-state index in [1.807, 2.05) is 0 Å². The highest BCUT2D eigenvalue weighted by atomic mass is 16.6. The smallest absolute Gasteiger partial charge is 0.337 e. The molecule has 5 unspecified atom stereocenters. The molecule has 0 aliphatic heterocycles. The molecule has 0 aromatic heterocycles. The van der Waals surface area contributed by atoms with Crippen LogP contribution < -0.4 is 10.1 Å². The van der Waals surface area contributed by atoms with E-state index in [2.05, 4.69) is 5.32 Å². The number of aliphatic hydroxyl groups excluding tert-OH is 4. The fourth-order valence-electron chi connectivity index (χ4n) is 3.60. The Bertz CT molecular complexity index is 977. The van der Waals surface area contributed by atoms with Crippen LogP contribution >= 0.6 is 0 Å². The molecule has 1 aliphatic carbocycles. The predicted octanol–water partition coefficient (Wildman–Crippen LogP) is -0.218. The van der Waals surface area contributed by atoms with Gasteiger partial charge in [-0.1, -0.05) is 18.2 Å². The number of carbonyl (C=O) groups is 2. The molecule has 7 N–H and O–H groups in total. The maximum absolute atomic E-state index is 11.5. The zero-order valence-corrected chi connectivity index (χ0v) is 16.5. The third kappa shape index (κ3) is 4.11. The molecule has 0 bridgehead atoms. The number of aliphatic hydroxyl groups is 5. The fourth-order valence-corrected chi connectivity index (χ4v) is 3.60. The largest absolute Gasteiger partial charge is 0.478 e. The minimum Gasteiger partial charge on any atom is -0.478 e. The minimum atomic E-state index is -2.23. The highest BCUT2D eigenvalue weighted by Gasteiger charge is 2.65. The summed E-state index contributed by atoms with van der Waals surface area (Å²) in [4.78, 5) is 22.8. The van der Waals surface area contributed by atoms with Gasteiger partial charge in [0.15, 0.2) is 5.60 Å². The fraction of sp³-hybridized carbons (Fsp3) is 0.333. The topological polar surface area (TPSA) is 177 Å². The Kier molecular flexibility index (Phi) is 6.30. The van der Waals surface area contributed by atoms with Crippen molar-refractivity contribution in [1.82, 2.24) is 0 Å². The summed E-state index contributed by atoms with van der Waals surface area (Å²) < 4.78 is 5.27. The van der Waals surface area contributed by atoms with Gasteiger partial charge in [-0.05, 0) is 35.4 Å². The lowest BCUT2D eigenvalue weighted by Gasteiger charge is -2.53. The molecular formula is C21H23NO9. The van der Waals surface area contributed by atoms with Gasteiger partial charge in [-0.25, -0.2) is 4.79 Å². The number of rotatable bonds is 7. The van der Waals surface area contributed by atoms with Crippen molar-refractivity contribution >= 4 is 17.6 Å². The summed E-state index contributed by atoms with van der Waals surface area (Å²) in [6.45, 7) is 0.615. The van der Waals surface area contributed by atoms with E-state index in [0.717, 1.165) is 0 Å². The van der Waals surface area contributed by atoms with Gasteiger partial charge in [0.25, 0.3) is 0 Å². The van der Waals surface area contributed by atoms with Gasteiger partial charge in [-0.3, -0.25) is 4.79 Å². The Hall–Kier alpha value is -3.02. The first-order chi connectivity index (χ1) is 14.6. The molecule has 2 aromatic rings. The van der Waals surface area contributed by atoms with Gasteiger partial charge in [0, 0.05) is 12.8 Å². The number of nitrogens with one attached hydrogen (secondary N) is 1. The Morgan fingerprint density at radius 2 is 1.74 bits per heavy atom. The molecule has 0 heterocycles. The summed E-state index contributed by atoms with van der Waals surface area (Å²) >= 11 is 0. The van der Waals surface area contributed by atoms with E-state index in [0.29, 0.717) is 11.1 Å². The molecule has 2 aromatic carbocycles.